The predicted molar refractivity (Wildman–Crippen MR) is 182 cm³/mol. The molecule has 6 rings (SSSR count). The number of piperazine rings is 1. The minimum atomic E-state index is -0.713. The van der Waals surface area contributed by atoms with Crippen LogP contribution in [0.2, 0.25) is 5.02 Å². The fourth-order valence-electron chi connectivity index (χ4n) is 7.46. The van der Waals surface area contributed by atoms with Gasteiger partial charge in [-0.25, -0.2) is 15.0 Å². The minimum absolute atomic E-state index is 0.241. The molecule has 246 valence electrons. The second-order valence-corrected chi connectivity index (χ2v) is 14.8. The van der Waals surface area contributed by atoms with Crippen molar-refractivity contribution in [3.05, 3.63) is 58.9 Å². The first-order valence-electron chi connectivity index (χ1n) is 16.8. The lowest BCUT2D eigenvalue weighted by molar-refractivity contribution is -0.138. The molecule has 3 fully saturated rings. The molecule has 1 N–H and O–H groups in total. The maximum Gasteiger partial charge on any atom is 0.303 e. The molecule has 0 aliphatic carbocycles. The third-order valence-corrected chi connectivity index (χ3v) is 10.1. The molecule has 0 spiro atoms. The molecule has 3 saturated heterocycles. The summed E-state index contributed by atoms with van der Waals surface area (Å²) < 4.78 is 6.30. The highest BCUT2D eigenvalue weighted by molar-refractivity contribution is 6.30. The van der Waals surface area contributed by atoms with E-state index in [9.17, 15) is 9.90 Å². The highest BCUT2D eigenvalue weighted by Crippen LogP contribution is 2.35. The van der Waals surface area contributed by atoms with Crippen molar-refractivity contribution in [3.8, 4) is 22.9 Å². The standard InChI is InChI=1S/C36H47ClN6O3/c1-25-14-28(19-29(37)15-25)32-16-27(23-41-10-6-26(7-11-41)18-34(44)45)17-33(40-32)46-31-21-38-35(39-22-31)43-13-12-42-9-5-4-8-36(2,3)20-30(42)24-43/h14-17,19,21-22,26,30H,4-13,18,20,23-24H2,1-3H3,(H,44,45). The van der Waals surface area contributed by atoms with Crippen LogP contribution in [0.5, 0.6) is 11.6 Å². The number of pyridine rings is 1. The number of anilines is 1. The molecule has 2 aromatic heterocycles. The molecular weight excluding hydrogens is 600 g/mol. The summed E-state index contributed by atoms with van der Waals surface area (Å²) in [6, 6.07) is 10.5. The van der Waals surface area contributed by atoms with Crippen molar-refractivity contribution >= 4 is 23.5 Å². The molecule has 0 radical (unpaired) electrons. The summed E-state index contributed by atoms with van der Waals surface area (Å²) >= 11 is 6.43. The maximum absolute atomic E-state index is 11.2. The highest BCUT2D eigenvalue weighted by Gasteiger charge is 2.34. The molecule has 1 unspecified atom stereocenters. The number of aliphatic carboxylic acids is 1. The van der Waals surface area contributed by atoms with Crippen LogP contribution in [0.4, 0.5) is 5.95 Å². The highest BCUT2D eigenvalue weighted by atomic mass is 35.5. The summed E-state index contributed by atoms with van der Waals surface area (Å²) in [6.45, 7) is 13.4. The molecule has 5 heterocycles. The van der Waals surface area contributed by atoms with Gasteiger partial charge in [0.1, 0.15) is 0 Å². The van der Waals surface area contributed by atoms with Crippen LogP contribution in [0.1, 0.15) is 69.9 Å². The van der Waals surface area contributed by atoms with E-state index in [0.717, 1.165) is 80.4 Å². The van der Waals surface area contributed by atoms with Crippen molar-refractivity contribution in [2.45, 2.75) is 78.3 Å². The monoisotopic (exact) mass is 646 g/mol. The summed E-state index contributed by atoms with van der Waals surface area (Å²) in [5.74, 6) is 1.30. The van der Waals surface area contributed by atoms with Gasteiger partial charge < -0.3 is 14.7 Å². The van der Waals surface area contributed by atoms with E-state index in [4.69, 9.17) is 31.3 Å². The molecule has 3 aromatic rings. The number of halogens is 1. The predicted octanol–water partition coefficient (Wildman–Crippen LogP) is 7.07. The van der Waals surface area contributed by atoms with E-state index in [1.54, 1.807) is 12.4 Å². The van der Waals surface area contributed by atoms with Crippen molar-refractivity contribution < 1.29 is 14.6 Å². The number of carboxylic acid groups (broad SMARTS) is 1. The van der Waals surface area contributed by atoms with Crippen molar-refractivity contribution in [2.24, 2.45) is 11.3 Å². The van der Waals surface area contributed by atoms with E-state index < -0.39 is 5.97 Å². The van der Waals surface area contributed by atoms with E-state index in [1.165, 1.54) is 32.2 Å². The Morgan fingerprint density at radius 2 is 1.80 bits per heavy atom. The van der Waals surface area contributed by atoms with Gasteiger partial charge in [0, 0.05) is 55.3 Å². The molecule has 0 saturated carbocycles. The van der Waals surface area contributed by atoms with Crippen LogP contribution in [0.25, 0.3) is 11.3 Å². The van der Waals surface area contributed by atoms with E-state index in [1.807, 2.05) is 25.1 Å². The van der Waals surface area contributed by atoms with Crippen molar-refractivity contribution in [1.82, 2.24) is 24.8 Å². The first-order valence-corrected chi connectivity index (χ1v) is 17.2. The third-order valence-electron chi connectivity index (χ3n) is 9.84. The van der Waals surface area contributed by atoms with Gasteiger partial charge in [-0.3, -0.25) is 14.6 Å². The number of ether oxygens (including phenoxy) is 1. The van der Waals surface area contributed by atoms with Gasteiger partial charge in [0.05, 0.1) is 18.1 Å². The Balaban J connectivity index is 1.17. The van der Waals surface area contributed by atoms with Gasteiger partial charge >= 0.3 is 5.97 Å². The number of aromatic nitrogens is 3. The summed E-state index contributed by atoms with van der Waals surface area (Å²) in [5.41, 5.74) is 4.21. The van der Waals surface area contributed by atoms with Gasteiger partial charge in [-0.2, -0.15) is 0 Å². The third kappa shape index (κ3) is 8.55. The normalized spacial score (nSPS) is 21.3. The second kappa shape index (κ2) is 14.2. The average molecular weight is 647 g/mol. The van der Waals surface area contributed by atoms with Crippen LogP contribution >= 0.6 is 11.6 Å². The van der Waals surface area contributed by atoms with Crippen molar-refractivity contribution in [2.75, 3.05) is 44.2 Å². The van der Waals surface area contributed by atoms with Gasteiger partial charge in [-0.1, -0.05) is 31.9 Å². The molecule has 3 aliphatic rings. The number of aryl methyl sites for hydroxylation is 1. The number of fused-ring (bicyclic) bond motifs is 1. The van der Waals surface area contributed by atoms with Gasteiger partial charge in [0.2, 0.25) is 11.8 Å². The molecule has 10 heteroatoms. The van der Waals surface area contributed by atoms with Gasteiger partial charge in [-0.15, -0.1) is 0 Å². The maximum atomic E-state index is 11.2. The fourth-order valence-corrected chi connectivity index (χ4v) is 7.75. The number of hydrogen-bond acceptors (Lipinski definition) is 8. The Labute approximate surface area is 278 Å². The van der Waals surface area contributed by atoms with Crippen LogP contribution in [0.3, 0.4) is 0 Å². The smallest absolute Gasteiger partial charge is 0.303 e. The lowest BCUT2D eigenvalue weighted by Crippen LogP contribution is -2.55. The van der Waals surface area contributed by atoms with Crippen molar-refractivity contribution in [1.29, 1.82) is 0 Å². The first-order chi connectivity index (χ1) is 22.1. The van der Waals surface area contributed by atoms with Gasteiger partial charge in [-0.05, 0) is 105 Å². The zero-order chi connectivity index (χ0) is 32.3. The van der Waals surface area contributed by atoms with E-state index in [2.05, 4.69) is 40.7 Å². The second-order valence-electron chi connectivity index (χ2n) is 14.3. The van der Waals surface area contributed by atoms with E-state index in [-0.39, 0.29) is 12.3 Å². The fraction of sp³-hybridized carbons (Fsp3) is 0.556. The Bertz CT molecular complexity index is 1490. The summed E-state index contributed by atoms with van der Waals surface area (Å²) in [5, 5.41) is 9.86. The zero-order valence-corrected chi connectivity index (χ0v) is 28.2. The number of likely N-dealkylation sites (tertiary alicyclic amines) is 1. The van der Waals surface area contributed by atoms with Gasteiger partial charge in [0.15, 0.2) is 5.75 Å². The molecule has 0 amide bonds. The number of carbonyl (C=O) groups is 1. The lowest BCUT2D eigenvalue weighted by atomic mass is 9.79. The molecule has 3 aliphatic heterocycles. The number of piperidine rings is 1. The zero-order valence-electron chi connectivity index (χ0n) is 27.4. The lowest BCUT2D eigenvalue weighted by Gasteiger charge is -2.45. The van der Waals surface area contributed by atoms with Gasteiger partial charge in [0.25, 0.3) is 0 Å². The van der Waals surface area contributed by atoms with Crippen molar-refractivity contribution in [3.63, 3.8) is 0 Å². The quantitative estimate of drug-likeness (QED) is 0.276. The molecular formula is C36H47ClN6O3. The van der Waals surface area contributed by atoms with E-state index >= 15 is 0 Å². The number of benzene rings is 1. The van der Waals surface area contributed by atoms with Crippen LogP contribution in [-0.4, -0.2) is 81.1 Å². The Morgan fingerprint density at radius 3 is 2.54 bits per heavy atom. The molecule has 46 heavy (non-hydrogen) atoms. The molecule has 0 bridgehead atoms. The molecule has 9 nitrogen and oxygen atoms in total. The Kier molecular flexibility index (Phi) is 10.1. The largest absolute Gasteiger partial charge is 0.481 e. The minimum Gasteiger partial charge on any atom is -0.481 e. The molecule has 1 aromatic carbocycles. The Hall–Kier alpha value is -3.27. The van der Waals surface area contributed by atoms with Crippen LogP contribution in [0.15, 0.2) is 42.7 Å². The Morgan fingerprint density at radius 1 is 1.02 bits per heavy atom. The number of nitrogens with zero attached hydrogens (tertiary/aromatic N) is 6. The number of hydrogen-bond donors (Lipinski definition) is 1. The first kappa shape index (κ1) is 32.7. The SMILES string of the molecule is Cc1cc(Cl)cc(-c2cc(CN3CCC(CC(=O)O)CC3)cc(Oc3cnc(N4CCN5CCCCC(C)(C)CC5C4)nc3)n2)c1. The van der Waals surface area contributed by atoms with E-state index in [0.29, 0.717) is 28.1 Å². The van der Waals surface area contributed by atoms with Crippen LogP contribution in [0, 0.1) is 18.3 Å². The summed E-state index contributed by atoms with van der Waals surface area (Å²) in [7, 11) is 0. The van der Waals surface area contributed by atoms with Crippen LogP contribution < -0.4 is 9.64 Å². The number of rotatable bonds is 8. The summed E-state index contributed by atoms with van der Waals surface area (Å²) in [4.78, 5) is 32.9. The van der Waals surface area contributed by atoms with Crippen LogP contribution in [-0.2, 0) is 11.3 Å². The topological polar surface area (TPSA) is 94.9 Å². The summed E-state index contributed by atoms with van der Waals surface area (Å²) in [6.07, 6.45) is 10.6. The number of carboxylic acids is 1. The average Bonchev–Trinajstić information content (AvgIpc) is 2.99. The molecule has 1 atom stereocenters.